The Kier molecular flexibility index (Phi) is 3.25. The van der Waals surface area contributed by atoms with E-state index in [9.17, 15) is 0 Å². The van der Waals surface area contributed by atoms with E-state index in [-0.39, 0.29) is 0 Å². The predicted octanol–water partition coefficient (Wildman–Crippen LogP) is 1.39. The highest BCUT2D eigenvalue weighted by molar-refractivity contribution is 7.09. The highest BCUT2D eigenvalue weighted by Crippen LogP contribution is 2.23. The Bertz CT molecular complexity index is 464. The van der Waals surface area contributed by atoms with Crippen LogP contribution in [0.15, 0.2) is 4.52 Å². The Morgan fingerprint density at radius 2 is 2.25 bits per heavy atom. The highest BCUT2D eigenvalue weighted by Gasteiger charge is 2.14. The van der Waals surface area contributed by atoms with Gasteiger partial charge in [-0.05, 0) is 18.5 Å². The van der Waals surface area contributed by atoms with E-state index in [1.165, 1.54) is 11.5 Å². The quantitative estimate of drug-likeness (QED) is 0.869. The van der Waals surface area contributed by atoms with Crippen molar-refractivity contribution in [2.24, 2.45) is 0 Å². The Morgan fingerprint density at radius 3 is 2.88 bits per heavy atom. The first-order chi connectivity index (χ1) is 7.66. The summed E-state index contributed by atoms with van der Waals surface area (Å²) in [5.41, 5.74) is 0.817. The number of hydrogen-bond donors (Lipinski definition) is 1. The number of nitrogens with zero attached hydrogens (tertiary/aromatic N) is 4. The Hall–Kier alpha value is -1.34. The smallest absolute Gasteiger partial charge is 0.271 e. The van der Waals surface area contributed by atoms with Crippen molar-refractivity contribution in [3.05, 3.63) is 11.5 Å². The summed E-state index contributed by atoms with van der Waals surface area (Å²) >= 11 is 1.26. The molecular formula is C9H13N5OS. The molecule has 0 saturated heterocycles. The van der Waals surface area contributed by atoms with E-state index in [4.69, 9.17) is 4.52 Å². The summed E-state index contributed by atoms with van der Waals surface area (Å²) in [5, 5.41) is 11.0. The van der Waals surface area contributed by atoms with E-state index in [2.05, 4.69) is 38.9 Å². The molecule has 0 saturated carbocycles. The number of nitrogens with one attached hydrogen (secondary N) is 1. The van der Waals surface area contributed by atoms with Crippen LogP contribution in [0.3, 0.4) is 0 Å². The van der Waals surface area contributed by atoms with E-state index in [0.717, 1.165) is 10.6 Å². The number of hydrogen-bond acceptors (Lipinski definition) is 7. The number of aryl methyl sites for hydroxylation is 1. The summed E-state index contributed by atoms with van der Waals surface area (Å²) in [7, 11) is 0. The van der Waals surface area contributed by atoms with Gasteiger partial charge in [0.05, 0.1) is 12.2 Å². The molecule has 7 heteroatoms. The average molecular weight is 239 g/mol. The van der Waals surface area contributed by atoms with E-state index >= 15 is 0 Å². The van der Waals surface area contributed by atoms with Crippen LogP contribution in [0.2, 0.25) is 0 Å². The molecule has 6 nitrogen and oxygen atoms in total. The lowest BCUT2D eigenvalue weighted by atomic mass is 10.4. The van der Waals surface area contributed by atoms with Gasteiger partial charge < -0.3 is 9.84 Å². The summed E-state index contributed by atoms with van der Waals surface area (Å²) in [6.45, 7) is 6.61. The molecule has 1 N–H and O–H groups in total. The molecule has 2 heterocycles. The third-order valence-electron chi connectivity index (χ3n) is 1.98. The third-order valence-corrected chi connectivity index (χ3v) is 2.80. The number of aromatic nitrogens is 4. The van der Waals surface area contributed by atoms with Crippen molar-refractivity contribution in [3.63, 3.8) is 0 Å². The second-order valence-electron chi connectivity index (χ2n) is 3.74. The fourth-order valence-corrected chi connectivity index (χ4v) is 1.72. The van der Waals surface area contributed by atoms with E-state index in [1.54, 1.807) is 0 Å². The second-order valence-corrected chi connectivity index (χ2v) is 4.49. The molecule has 16 heavy (non-hydrogen) atoms. The van der Waals surface area contributed by atoms with Crippen molar-refractivity contribution in [1.82, 2.24) is 25.0 Å². The van der Waals surface area contributed by atoms with E-state index < -0.39 is 0 Å². The van der Waals surface area contributed by atoms with E-state index in [0.29, 0.717) is 24.3 Å². The van der Waals surface area contributed by atoms with Crippen molar-refractivity contribution in [3.8, 4) is 10.8 Å². The SMILES string of the molecule is Cc1nnsc1-c1nc(CNC(C)C)no1. The van der Waals surface area contributed by atoms with Gasteiger partial charge in [0.25, 0.3) is 5.89 Å². The zero-order valence-corrected chi connectivity index (χ0v) is 10.2. The van der Waals surface area contributed by atoms with Crippen molar-refractivity contribution in [2.45, 2.75) is 33.4 Å². The fourth-order valence-electron chi connectivity index (χ4n) is 1.14. The minimum Gasteiger partial charge on any atom is -0.333 e. The van der Waals surface area contributed by atoms with Crippen LogP contribution in [0, 0.1) is 6.92 Å². The van der Waals surface area contributed by atoms with Gasteiger partial charge in [0.2, 0.25) is 0 Å². The van der Waals surface area contributed by atoms with Crippen LogP contribution >= 0.6 is 11.5 Å². The average Bonchev–Trinajstić information content (AvgIpc) is 2.83. The molecule has 0 amide bonds. The normalized spacial score (nSPS) is 11.2. The molecular weight excluding hydrogens is 226 g/mol. The first-order valence-electron chi connectivity index (χ1n) is 5.02. The van der Waals surface area contributed by atoms with Crippen LogP contribution < -0.4 is 5.32 Å². The van der Waals surface area contributed by atoms with Crippen LogP contribution in [0.4, 0.5) is 0 Å². The minimum absolute atomic E-state index is 0.397. The van der Waals surface area contributed by atoms with Gasteiger partial charge in [-0.15, -0.1) is 5.10 Å². The van der Waals surface area contributed by atoms with Gasteiger partial charge in [0, 0.05) is 6.04 Å². The van der Waals surface area contributed by atoms with Gasteiger partial charge in [-0.3, -0.25) is 0 Å². The Balaban J connectivity index is 2.11. The molecule has 0 aromatic carbocycles. The van der Waals surface area contributed by atoms with Crippen molar-refractivity contribution < 1.29 is 4.52 Å². The van der Waals surface area contributed by atoms with Crippen LogP contribution in [-0.4, -0.2) is 25.8 Å². The Labute approximate surface area is 97.2 Å². The maximum atomic E-state index is 5.15. The van der Waals surface area contributed by atoms with Gasteiger partial charge in [-0.25, -0.2) is 0 Å². The predicted molar refractivity (Wildman–Crippen MR) is 59.9 cm³/mol. The Morgan fingerprint density at radius 1 is 1.44 bits per heavy atom. The molecule has 2 aromatic heterocycles. The van der Waals surface area contributed by atoms with Crippen LogP contribution in [0.1, 0.15) is 25.4 Å². The van der Waals surface area contributed by atoms with Gasteiger partial charge in [0.15, 0.2) is 5.82 Å². The molecule has 0 bridgehead atoms. The first kappa shape index (κ1) is 11.2. The fraction of sp³-hybridized carbons (Fsp3) is 0.556. The molecule has 86 valence electrons. The molecule has 0 aliphatic heterocycles. The van der Waals surface area contributed by atoms with Crippen LogP contribution in [0.25, 0.3) is 10.8 Å². The minimum atomic E-state index is 0.397. The van der Waals surface area contributed by atoms with E-state index in [1.807, 2.05) is 6.92 Å². The summed E-state index contributed by atoms with van der Waals surface area (Å²) in [6, 6.07) is 0.397. The topological polar surface area (TPSA) is 76.7 Å². The number of rotatable bonds is 4. The summed E-state index contributed by atoms with van der Waals surface area (Å²) in [6.07, 6.45) is 0. The maximum Gasteiger partial charge on any atom is 0.271 e. The molecule has 0 unspecified atom stereocenters. The van der Waals surface area contributed by atoms with Crippen LogP contribution in [0.5, 0.6) is 0 Å². The zero-order valence-electron chi connectivity index (χ0n) is 9.39. The molecule has 2 aromatic rings. The lowest BCUT2D eigenvalue weighted by molar-refractivity contribution is 0.417. The first-order valence-corrected chi connectivity index (χ1v) is 5.79. The van der Waals surface area contributed by atoms with Gasteiger partial charge in [0.1, 0.15) is 4.88 Å². The van der Waals surface area contributed by atoms with Crippen molar-refractivity contribution in [2.75, 3.05) is 0 Å². The maximum absolute atomic E-state index is 5.15. The summed E-state index contributed by atoms with van der Waals surface area (Å²) in [4.78, 5) is 5.11. The second kappa shape index (κ2) is 4.67. The molecule has 0 aliphatic carbocycles. The lowest BCUT2D eigenvalue weighted by Crippen LogP contribution is -2.22. The van der Waals surface area contributed by atoms with Crippen molar-refractivity contribution in [1.29, 1.82) is 0 Å². The molecule has 0 fully saturated rings. The monoisotopic (exact) mass is 239 g/mol. The lowest BCUT2D eigenvalue weighted by Gasteiger charge is -2.02. The van der Waals surface area contributed by atoms with Gasteiger partial charge in [-0.1, -0.05) is 23.5 Å². The molecule has 0 aliphatic rings. The zero-order chi connectivity index (χ0) is 11.5. The van der Waals surface area contributed by atoms with Crippen LogP contribution in [-0.2, 0) is 6.54 Å². The highest BCUT2D eigenvalue weighted by atomic mass is 32.1. The largest absolute Gasteiger partial charge is 0.333 e. The molecule has 0 radical (unpaired) electrons. The molecule has 0 atom stereocenters. The summed E-state index contributed by atoms with van der Waals surface area (Å²) < 4.78 is 8.98. The summed E-state index contributed by atoms with van der Waals surface area (Å²) in [5.74, 6) is 1.14. The third kappa shape index (κ3) is 2.42. The van der Waals surface area contributed by atoms with Crippen molar-refractivity contribution >= 4 is 11.5 Å². The standard InChI is InChI=1S/C9H13N5OS/c1-5(2)10-4-7-11-9(15-13-7)8-6(3)12-14-16-8/h5,10H,4H2,1-3H3. The van der Waals surface area contributed by atoms with Gasteiger partial charge >= 0.3 is 0 Å². The molecule has 0 spiro atoms. The van der Waals surface area contributed by atoms with Gasteiger partial charge in [-0.2, -0.15) is 4.98 Å². The molecule has 2 rings (SSSR count).